The Morgan fingerprint density at radius 1 is 1.33 bits per heavy atom. The van der Waals surface area contributed by atoms with E-state index in [0.717, 1.165) is 6.42 Å². The van der Waals surface area contributed by atoms with E-state index in [-0.39, 0.29) is 12.7 Å². The van der Waals surface area contributed by atoms with Crippen LogP contribution in [0.4, 0.5) is 4.79 Å². The Morgan fingerprint density at radius 2 is 1.89 bits per heavy atom. The van der Waals surface area contributed by atoms with E-state index in [2.05, 4.69) is 5.32 Å². The smallest absolute Gasteiger partial charge is 0.408 e. The zero-order valence-corrected chi connectivity index (χ0v) is 11.6. The molecule has 6 nitrogen and oxygen atoms in total. The summed E-state index contributed by atoms with van der Waals surface area (Å²) in [4.78, 5) is 22.4. The summed E-state index contributed by atoms with van der Waals surface area (Å²) in [5.41, 5.74) is -0.662. The van der Waals surface area contributed by atoms with Gasteiger partial charge in [-0.3, -0.25) is 0 Å². The van der Waals surface area contributed by atoms with Crippen molar-refractivity contribution in [3.05, 3.63) is 0 Å². The molecule has 0 bridgehead atoms. The monoisotopic (exact) mass is 261 g/mol. The summed E-state index contributed by atoms with van der Waals surface area (Å²) in [6.07, 6.45) is -0.0337. The van der Waals surface area contributed by atoms with Gasteiger partial charge in [0.05, 0.1) is 12.7 Å². The number of ether oxygens (including phenoxy) is 2. The van der Waals surface area contributed by atoms with Crippen LogP contribution in [0.5, 0.6) is 0 Å². The van der Waals surface area contributed by atoms with Gasteiger partial charge in [0, 0.05) is 0 Å². The Bertz CT molecular complexity index is 285. The van der Waals surface area contributed by atoms with E-state index in [9.17, 15) is 9.59 Å². The molecule has 0 aromatic rings. The Morgan fingerprint density at radius 3 is 2.28 bits per heavy atom. The Kier molecular flexibility index (Phi) is 6.68. The summed E-state index contributed by atoms with van der Waals surface area (Å²) in [5.74, 6) is -1.15. The quantitative estimate of drug-likeness (QED) is 0.761. The minimum absolute atomic E-state index is 0.0488. The third-order valence-electron chi connectivity index (χ3n) is 2.11. The van der Waals surface area contributed by atoms with Crippen LogP contribution in [-0.4, -0.2) is 41.5 Å². The molecule has 0 aliphatic rings. The first-order valence-corrected chi connectivity index (χ1v) is 5.99. The third kappa shape index (κ3) is 7.89. The molecule has 1 amide bonds. The van der Waals surface area contributed by atoms with Crippen molar-refractivity contribution in [3.8, 4) is 0 Å². The lowest BCUT2D eigenvalue weighted by atomic mass is 10.2. The molecule has 18 heavy (non-hydrogen) atoms. The van der Waals surface area contributed by atoms with E-state index in [1.54, 1.807) is 20.8 Å². The van der Waals surface area contributed by atoms with E-state index in [0.29, 0.717) is 0 Å². The first kappa shape index (κ1) is 16.7. The van der Waals surface area contributed by atoms with Gasteiger partial charge in [-0.1, -0.05) is 6.92 Å². The SMILES string of the molecule is CCC(C)OCC(NC(=O)OC(C)(C)C)C(=O)O. The fourth-order valence-corrected chi connectivity index (χ4v) is 1.00. The van der Waals surface area contributed by atoms with Gasteiger partial charge in [0.15, 0.2) is 6.04 Å². The van der Waals surface area contributed by atoms with Crippen molar-refractivity contribution >= 4 is 12.1 Å². The molecule has 2 N–H and O–H groups in total. The van der Waals surface area contributed by atoms with Crippen LogP contribution in [0, 0.1) is 0 Å². The highest BCUT2D eigenvalue weighted by Gasteiger charge is 2.24. The number of carbonyl (C=O) groups is 2. The summed E-state index contributed by atoms with van der Waals surface area (Å²) >= 11 is 0. The highest BCUT2D eigenvalue weighted by molar-refractivity contribution is 5.80. The number of carboxylic acids is 1. The van der Waals surface area contributed by atoms with Crippen LogP contribution in [0.15, 0.2) is 0 Å². The lowest BCUT2D eigenvalue weighted by molar-refractivity contribution is -0.141. The zero-order chi connectivity index (χ0) is 14.3. The highest BCUT2D eigenvalue weighted by atomic mass is 16.6. The number of alkyl carbamates (subject to hydrolysis) is 1. The van der Waals surface area contributed by atoms with Crippen LogP contribution >= 0.6 is 0 Å². The molecule has 0 aromatic heterocycles. The van der Waals surface area contributed by atoms with Crippen LogP contribution in [0.1, 0.15) is 41.0 Å². The molecular weight excluding hydrogens is 238 g/mol. The molecule has 0 fully saturated rings. The van der Waals surface area contributed by atoms with Gasteiger partial charge in [0.2, 0.25) is 0 Å². The highest BCUT2D eigenvalue weighted by Crippen LogP contribution is 2.07. The Balaban J connectivity index is 4.28. The second-order valence-electron chi connectivity index (χ2n) is 5.09. The van der Waals surface area contributed by atoms with Crippen LogP contribution < -0.4 is 5.32 Å². The van der Waals surface area contributed by atoms with Gasteiger partial charge in [-0.15, -0.1) is 0 Å². The fraction of sp³-hybridized carbons (Fsp3) is 0.833. The first-order valence-electron chi connectivity index (χ1n) is 5.99. The minimum Gasteiger partial charge on any atom is -0.480 e. The van der Waals surface area contributed by atoms with Crippen molar-refractivity contribution in [3.63, 3.8) is 0 Å². The predicted molar refractivity (Wildman–Crippen MR) is 66.5 cm³/mol. The number of carbonyl (C=O) groups excluding carboxylic acids is 1. The largest absolute Gasteiger partial charge is 0.480 e. The minimum atomic E-state index is -1.15. The Labute approximate surface area is 108 Å². The van der Waals surface area contributed by atoms with Gasteiger partial charge in [0.25, 0.3) is 0 Å². The Hall–Kier alpha value is -1.30. The van der Waals surface area contributed by atoms with Crippen molar-refractivity contribution in [2.75, 3.05) is 6.61 Å². The summed E-state index contributed by atoms with van der Waals surface area (Å²) in [6, 6.07) is -1.10. The van der Waals surface area contributed by atoms with E-state index >= 15 is 0 Å². The molecular formula is C12H23NO5. The number of rotatable bonds is 6. The van der Waals surface area contributed by atoms with E-state index < -0.39 is 23.7 Å². The van der Waals surface area contributed by atoms with Crippen LogP contribution in [0.25, 0.3) is 0 Å². The average molecular weight is 261 g/mol. The second-order valence-corrected chi connectivity index (χ2v) is 5.09. The van der Waals surface area contributed by atoms with E-state index in [4.69, 9.17) is 14.6 Å². The molecule has 2 unspecified atom stereocenters. The molecule has 0 saturated heterocycles. The molecule has 0 aromatic carbocycles. The summed E-state index contributed by atoms with van der Waals surface area (Å²) in [6.45, 7) is 8.81. The molecule has 0 rings (SSSR count). The first-order chi connectivity index (χ1) is 8.15. The molecule has 6 heteroatoms. The van der Waals surface area contributed by atoms with Crippen molar-refractivity contribution in [2.45, 2.75) is 58.8 Å². The zero-order valence-electron chi connectivity index (χ0n) is 11.6. The maximum atomic E-state index is 11.4. The lowest BCUT2D eigenvalue weighted by Crippen LogP contribution is -2.46. The number of aliphatic carboxylic acids is 1. The van der Waals surface area contributed by atoms with E-state index in [1.165, 1.54) is 0 Å². The van der Waals surface area contributed by atoms with Crippen LogP contribution in [-0.2, 0) is 14.3 Å². The van der Waals surface area contributed by atoms with Crippen LogP contribution in [0.2, 0.25) is 0 Å². The van der Waals surface area contributed by atoms with Gasteiger partial charge in [0.1, 0.15) is 5.60 Å². The maximum absolute atomic E-state index is 11.4. The summed E-state index contributed by atoms with van der Waals surface area (Å²) < 4.78 is 10.3. The fourth-order valence-electron chi connectivity index (χ4n) is 1.00. The lowest BCUT2D eigenvalue weighted by Gasteiger charge is -2.22. The van der Waals surface area contributed by atoms with Gasteiger partial charge in [-0.05, 0) is 34.1 Å². The van der Waals surface area contributed by atoms with Crippen molar-refractivity contribution in [1.82, 2.24) is 5.32 Å². The van der Waals surface area contributed by atoms with Crippen molar-refractivity contribution in [1.29, 1.82) is 0 Å². The molecule has 106 valence electrons. The van der Waals surface area contributed by atoms with Gasteiger partial charge >= 0.3 is 12.1 Å². The number of amides is 1. The average Bonchev–Trinajstić information content (AvgIpc) is 2.20. The summed E-state index contributed by atoms with van der Waals surface area (Å²) in [5, 5.41) is 11.2. The van der Waals surface area contributed by atoms with Crippen molar-refractivity contribution in [2.24, 2.45) is 0 Å². The number of carboxylic acid groups (broad SMARTS) is 1. The maximum Gasteiger partial charge on any atom is 0.408 e. The molecule has 0 radical (unpaired) electrons. The number of hydrogen-bond donors (Lipinski definition) is 2. The molecule has 2 atom stereocenters. The second kappa shape index (κ2) is 7.20. The van der Waals surface area contributed by atoms with Gasteiger partial charge in [-0.25, -0.2) is 9.59 Å². The van der Waals surface area contributed by atoms with E-state index in [1.807, 2.05) is 13.8 Å². The summed E-state index contributed by atoms with van der Waals surface area (Å²) in [7, 11) is 0. The van der Waals surface area contributed by atoms with Crippen molar-refractivity contribution < 1.29 is 24.2 Å². The topological polar surface area (TPSA) is 84.9 Å². The molecule has 0 spiro atoms. The number of nitrogens with one attached hydrogen (secondary N) is 1. The van der Waals surface area contributed by atoms with Gasteiger partial charge < -0.3 is 19.9 Å². The molecule has 0 saturated carbocycles. The normalized spacial score (nSPS) is 14.7. The third-order valence-corrected chi connectivity index (χ3v) is 2.11. The number of hydrogen-bond acceptors (Lipinski definition) is 4. The van der Waals surface area contributed by atoms with Gasteiger partial charge in [-0.2, -0.15) is 0 Å². The molecule has 0 heterocycles. The standard InChI is InChI=1S/C12H23NO5/c1-6-8(2)17-7-9(10(14)15)13-11(16)18-12(3,4)5/h8-9H,6-7H2,1-5H3,(H,13,16)(H,14,15). The van der Waals surface area contributed by atoms with Crippen LogP contribution in [0.3, 0.4) is 0 Å². The molecule has 0 aliphatic heterocycles. The molecule has 0 aliphatic carbocycles. The predicted octanol–water partition coefficient (Wildman–Crippen LogP) is 1.78.